The van der Waals surface area contributed by atoms with E-state index in [0.29, 0.717) is 5.75 Å². The van der Waals surface area contributed by atoms with Gasteiger partial charge in [0.05, 0.1) is 0 Å². The van der Waals surface area contributed by atoms with Crippen LogP contribution in [-0.4, -0.2) is 5.11 Å². The third kappa shape index (κ3) is 5.09. The highest BCUT2D eigenvalue weighted by Gasteiger charge is 2.23. The minimum atomic E-state index is 0.0271. The molecule has 1 N–H and O–H groups in total. The molecule has 0 bridgehead atoms. The van der Waals surface area contributed by atoms with E-state index < -0.39 is 0 Å². The Balaban J connectivity index is 2.27. The van der Waals surface area contributed by atoms with Gasteiger partial charge in [0.2, 0.25) is 0 Å². The predicted molar refractivity (Wildman–Crippen MR) is 140 cm³/mol. The zero-order valence-corrected chi connectivity index (χ0v) is 21.6. The Morgan fingerprint density at radius 3 is 1.44 bits per heavy atom. The van der Waals surface area contributed by atoms with Crippen LogP contribution in [0, 0.1) is 6.92 Å². The van der Waals surface area contributed by atoms with Crippen molar-refractivity contribution in [2.75, 3.05) is 0 Å². The van der Waals surface area contributed by atoms with Gasteiger partial charge in [-0.1, -0.05) is 105 Å². The third-order valence-electron chi connectivity index (χ3n) is 6.27. The van der Waals surface area contributed by atoms with Gasteiger partial charge in [0, 0.05) is 11.1 Å². The lowest BCUT2D eigenvalue weighted by Gasteiger charge is -2.26. The van der Waals surface area contributed by atoms with Crippen LogP contribution in [0.2, 0.25) is 0 Å². The van der Waals surface area contributed by atoms with E-state index in [4.69, 9.17) is 0 Å². The fraction of sp³-hybridized carbons (Fsp3) is 0.419. The molecule has 0 aliphatic rings. The summed E-state index contributed by atoms with van der Waals surface area (Å²) < 4.78 is 0. The van der Waals surface area contributed by atoms with E-state index in [-0.39, 0.29) is 16.2 Å². The van der Waals surface area contributed by atoms with Crippen LogP contribution in [0.1, 0.15) is 84.6 Å². The first-order valence-electron chi connectivity index (χ1n) is 11.7. The zero-order chi connectivity index (χ0) is 24.1. The molecule has 1 heteroatoms. The van der Waals surface area contributed by atoms with Gasteiger partial charge in [-0.15, -0.1) is 0 Å². The van der Waals surface area contributed by atoms with E-state index in [1.165, 1.54) is 16.7 Å². The summed E-state index contributed by atoms with van der Waals surface area (Å²) in [6.07, 6.45) is 0. The molecule has 0 spiro atoms. The van der Waals surface area contributed by atoms with E-state index >= 15 is 0 Å². The summed E-state index contributed by atoms with van der Waals surface area (Å²) in [5, 5.41) is 11.5. The number of hydrogen-bond donors (Lipinski definition) is 1. The molecule has 0 atom stereocenters. The number of rotatable bonds is 2. The summed E-state index contributed by atoms with van der Waals surface area (Å²) in [4.78, 5) is 0. The van der Waals surface area contributed by atoms with Crippen molar-refractivity contribution >= 4 is 0 Å². The lowest BCUT2D eigenvalue weighted by molar-refractivity contribution is 0.479. The van der Waals surface area contributed by atoms with Crippen molar-refractivity contribution in [3.05, 3.63) is 76.9 Å². The molecule has 0 heterocycles. The average Bonchev–Trinajstić information content (AvgIpc) is 2.67. The first kappa shape index (κ1) is 24.1. The Morgan fingerprint density at radius 1 is 0.531 bits per heavy atom. The van der Waals surface area contributed by atoms with Gasteiger partial charge in [-0.25, -0.2) is 0 Å². The molecule has 170 valence electrons. The smallest absolute Gasteiger partial charge is 0.131 e. The molecule has 3 aromatic carbocycles. The number of aryl methyl sites for hydroxylation is 1. The van der Waals surface area contributed by atoms with Gasteiger partial charge in [0.25, 0.3) is 0 Å². The molecular formula is C31H40O. The predicted octanol–water partition coefficient (Wildman–Crippen LogP) is 8.93. The molecular weight excluding hydrogens is 388 g/mol. The monoisotopic (exact) mass is 428 g/mol. The topological polar surface area (TPSA) is 20.2 Å². The largest absolute Gasteiger partial charge is 0.507 e. The van der Waals surface area contributed by atoms with Crippen molar-refractivity contribution in [2.45, 2.75) is 85.5 Å². The zero-order valence-electron chi connectivity index (χ0n) is 21.6. The van der Waals surface area contributed by atoms with Gasteiger partial charge in [-0.2, -0.15) is 0 Å². The van der Waals surface area contributed by atoms with Crippen LogP contribution in [0.4, 0.5) is 0 Å². The molecule has 0 aromatic heterocycles. The summed E-state index contributed by atoms with van der Waals surface area (Å²) in [7, 11) is 0. The number of phenolic OH excluding ortho intramolecular Hbond substituents is 1. The second-order valence-electron chi connectivity index (χ2n) is 12.3. The maximum absolute atomic E-state index is 11.5. The number of hydrogen-bond acceptors (Lipinski definition) is 1. The van der Waals surface area contributed by atoms with Gasteiger partial charge in [0.1, 0.15) is 5.75 Å². The summed E-state index contributed by atoms with van der Waals surface area (Å²) in [5.41, 5.74) is 9.03. The van der Waals surface area contributed by atoms with Crippen LogP contribution in [0.3, 0.4) is 0 Å². The highest BCUT2D eigenvalue weighted by molar-refractivity contribution is 5.83. The van der Waals surface area contributed by atoms with E-state index in [0.717, 1.165) is 27.8 Å². The van der Waals surface area contributed by atoms with E-state index in [1.54, 1.807) is 0 Å². The normalized spacial score (nSPS) is 12.8. The van der Waals surface area contributed by atoms with Crippen molar-refractivity contribution in [1.82, 2.24) is 0 Å². The van der Waals surface area contributed by atoms with Gasteiger partial charge in [-0.05, 0) is 68.7 Å². The van der Waals surface area contributed by atoms with Crippen molar-refractivity contribution < 1.29 is 5.11 Å². The molecule has 0 aliphatic heterocycles. The number of benzene rings is 3. The van der Waals surface area contributed by atoms with E-state index in [2.05, 4.69) is 124 Å². The quantitative estimate of drug-likeness (QED) is 0.432. The van der Waals surface area contributed by atoms with Gasteiger partial charge >= 0.3 is 0 Å². The number of aromatic hydroxyl groups is 1. The molecule has 3 rings (SSSR count). The third-order valence-corrected chi connectivity index (χ3v) is 6.27. The maximum Gasteiger partial charge on any atom is 0.131 e. The van der Waals surface area contributed by atoms with Crippen LogP contribution >= 0.6 is 0 Å². The Kier molecular flexibility index (Phi) is 6.11. The molecule has 0 saturated heterocycles. The van der Waals surface area contributed by atoms with Gasteiger partial charge in [0.15, 0.2) is 0 Å². The standard InChI is InChI=1S/C31H40O/c1-20-14-26(21-12-11-13-23(16-21)29(2,3)4)28(32)27(15-20)22-17-24(30(5,6)7)19-25(18-22)31(8,9)10/h11-19,32H,1-10H3. The SMILES string of the molecule is Cc1cc(-c2cccc(C(C)(C)C)c2)c(O)c(-c2cc(C(C)(C)C)cc(C(C)(C)C)c2)c1. The maximum atomic E-state index is 11.5. The van der Waals surface area contributed by atoms with Crippen LogP contribution in [0.15, 0.2) is 54.6 Å². The highest BCUT2D eigenvalue weighted by atomic mass is 16.3. The molecule has 0 aliphatic carbocycles. The summed E-state index contributed by atoms with van der Waals surface area (Å²) >= 11 is 0. The Hall–Kier alpha value is -2.54. The first-order valence-corrected chi connectivity index (χ1v) is 11.7. The summed E-state index contributed by atoms with van der Waals surface area (Å²) in [5.74, 6) is 0.354. The minimum absolute atomic E-state index is 0.0271. The lowest BCUT2D eigenvalue weighted by Crippen LogP contribution is -2.16. The Morgan fingerprint density at radius 2 is 0.969 bits per heavy atom. The van der Waals surface area contributed by atoms with E-state index in [1.807, 2.05) is 0 Å². The fourth-order valence-corrected chi connectivity index (χ4v) is 4.02. The Labute approximate surface area is 195 Å². The van der Waals surface area contributed by atoms with Crippen LogP contribution < -0.4 is 0 Å². The Bertz CT molecular complexity index is 1100. The highest BCUT2D eigenvalue weighted by Crippen LogP contribution is 2.42. The summed E-state index contributed by atoms with van der Waals surface area (Å²) in [6, 6.07) is 19.6. The molecule has 0 radical (unpaired) electrons. The van der Waals surface area contributed by atoms with Crippen molar-refractivity contribution in [1.29, 1.82) is 0 Å². The van der Waals surface area contributed by atoms with Gasteiger partial charge < -0.3 is 5.11 Å². The summed E-state index contributed by atoms with van der Waals surface area (Å²) in [6.45, 7) is 22.3. The molecule has 0 saturated carbocycles. The molecule has 0 unspecified atom stereocenters. The second kappa shape index (κ2) is 8.10. The second-order valence-corrected chi connectivity index (χ2v) is 12.3. The van der Waals surface area contributed by atoms with Crippen LogP contribution in [0.5, 0.6) is 5.75 Å². The first-order chi connectivity index (χ1) is 14.6. The van der Waals surface area contributed by atoms with Crippen molar-refractivity contribution in [3.63, 3.8) is 0 Å². The lowest BCUT2D eigenvalue weighted by atomic mass is 9.78. The van der Waals surface area contributed by atoms with E-state index in [9.17, 15) is 5.11 Å². The fourth-order valence-electron chi connectivity index (χ4n) is 4.02. The molecule has 0 fully saturated rings. The molecule has 1 nitrogen and oxygen atoms in total. The van der Waals surface area contributed by atoms with Crippen LogP contribution in [-0.2, 0) is 16.2 Å². The van der Waals surface area contributed by atoms with Crippen molar-refractivity contribution in [2.24, 2.45) is 0 Å². The minimum Gasteiger partial charge on any atom is -0.507 e. The molecule has 32 heavy (non-hydrogen) atoms. The average molecular weight is 429 g/mol. The van der Waals surface area contributed by atoms with Gasteiger partial charge in [-0.3, -0.25) is 0 Å². The molecule has 0 amide bonds. The molecule has 3 aromatic rings. The van der Waals surface area contributed by atoms with Crippen molar-refractivity contribution in [3.8, 4) is 28.0 Å². The number of phenols is 1. The van der Waals surface area contributed by atoms with Crippen LogP contribution in [0.25, 0.3) is 22.3 Å².